The Morgan fingerprint density at radius 1 is 1.32 bits per heavy atom. The topological polar surface area (TPSA) is 97.4 Å². The molecule has 19 heavy (non-hydrogen) atoms. The third-order valence-electron chi connectivity index (χ3n) is 2.77. The van der Waals surface area contributed by atoms with E-state index < -0.39 is 0 Å². The molecule has 1 heterocycles. The molecule has 0 radical (unpaired) electrons. The van der Waals surface area contributed by atoms with E-state index in [1.54, 1.807) is 11.9 Å². The van der Waals surface area contributed by atoms with E-state index in [0.29, 0.717) is 13.1 Å². The fraction of sp³-hybridized carbons (Fsp3) is 0.636. The molecule has 0 spiro atoms. The summed E-state index contributed by atoms with van der Waals surface area (Å²) >= 11 is 0. The molecular formula is C11H20N6O2. The predicted octanol–water partition coefficient (Wildman–Crippen LogP) is -0.813. The van der Waals surface area contributed by atoms with Gasteiger partial charge in [0.15, 0.2) is 0 Å². The van der Waals surface area contributed by atoms with Crippen molar-refractivity contribution in [3.05, 3.63) is 6.33 Å². The summed E-state index contributed by atoms with van der Waals surface area (Å²) in [6.45, 7) is 5.16. The molecule has 106 valence electrons. The van der Waals surface area contributed by atoms with Crippen LogP contribution in [0.25, 0.3) is 0 Å². The number of likely N-dealkylation sites (N-methyl/N-ethyl adjacent to an activating group) is 2. The number of nitrogens with zero attached hydrogens (tertiary/aromatic N) is 5. The maximum absolute atomic E-state index is 11.9. The summed E-state index contributed by atoms with van der Waals surface area (Å²) in [4.78, 5) is 30.5. The van der Waals surface area contributed by atoms with Gasteiger partial charge in [-0.2, -0.15) is 0 Å². The van der Waals surface area contributed by atoms with Gasteiger partial charge in [0.25, 0.3) is 0 Å². The minimum atomic E-state index is -0.217. The molecule has 2 N–H and O–H groups in total. The van der Waals surface area contributed by atoms with Gasteiger partial charge in [-0.25, -0.2) is 9.67 Å². The lowest BCUT2D eigenvalue weighted by atomic mass is 10.4. The van der Waals surface area contributed by atoms with E-state index in [1.807, 2.05) is 13.8 Å². The normalized spacial score (nSPS) is 10.3. The van der Waals surface area contributed by atoms with Gasteiger partial charge in [0.05, 0.1) is 6.54 Å². The van der Waals surface area contributed by atoms with Gasteiger partial charge in [-0.15, -0.1) is 5.10 Å². The van der Waals surface area contributed by atoms with Gasteiger partial charge in [-0.05, 0) is 13.8 Å². The summed E-state index contributed by atoms with van der Waals surface area (Å²) in [5.74, 6) is -0.168. The minimum absolute atomic E-state index is 0.0201. The highest BCUT2D eigenvalue weighted by molar-refractivity contribution is 5.84. The molecule has 0 aliphatic carbocycles. The molecule has 0 aliphatic rings. The number of amides is 2. The Morgan fingerprint density at radius 3 is 2.42 bits per heavy atom. The van der Waals surface area contributed by atoms with Crippen molar-refractivity contribution in [1.82, 2.24) is 24.6 Å². The van der Waals surface area contributed by atoms with E-state index in [-0.39, 0.29) is 30.9 Å². The highest BCUT2D eigenvalue weighted by Gasteiger charge is 2.17. The fourth-order valence-corrected chi connectivity index (χ4v) is 1.61. The lowest BCUT2D eigenvalue weighted by molar-refractivity contribution is -0.139. The van der Waals surface area contributed by atoms with Crippen molar-refractivity contribution >= 4 is 17.8 Å². The number of hydrogen-bond acceptors (Lipinski definition) is 5. The van der Waals surface area contributed by atoms with Crippen LogP contribution in [0, 0.1) is 0 Å². The summed E-state index contributed by atoms with van der Waals surface area (Å²) in [7, 11) is 1.59. The van der Waals surface area contributed by atoms with Crippen LogP contribution in [0.3, 0.4) is 0 Å². The Morgan fingerprint density at radius 2 is 1.95 bits per heavy atom. The zero-order valence-corrected chi connectivity index (χ0v) is 11.5. The number of carbonyl (C=O) groups excluding carboxylic acids is 2. The van der Waals surface area contributed by atoms with E-state index in [0.717, 1.165) is 0 Å². The molecule has 0 bridgehead atoms. The summed E-state index contributed by atoms with van der Waals surface area (Å²) in [6, 6.07) is 0. The Balaban J connectivity index is 2.51. The number of anilines is 1. The summed E-state index contributed by atoms with van der Waals surface area (Å²) in [5.41, 5.74) is 5.36. The molecule has 1 aromatic heterocycles. The van der Waals surface area contributed by atoms with Crippen molar-refractivity contribution in [3.63, 3.8) is 0 Å². The molecule has 8 heteroatoms. The maximum atomic E-state index is 11.9. The molecule has 0 aromatic carbocycles. The standard InChI is InChI=1S/C11H20N6O2/c1-4-16(5-2)10(19)6-15(3)9(18)7-17-8-13-11(12)14-17/h8H,4-7H2,1-3H3,(H2,12,14). The van der Waals surface area contributed by atoms with E-state index in [9.17, 15) is 9.59 Å². The monoisotopic (exact) mass is 268 g/mol. The van der Waals surface area contributed by atoms with Gasteiger partial charge in [-0.1, -0.05) is 0 Å². The van der Waals surface area contributed by atoms with Crippen LogP contribution < -0.4 is 5.73 Å². The molecule has 0 unspecified atom stereocenters. The molecule has 0 fully saturated rings. The Hall–Kier alpha value is -2.12. The number of aromatic nitrogens is 3. The van der Waals surface area contributed by atoms with Crippen molar-refractivity contribution in [3.8, 4) is 0 Å². The molecule has 0 atom stereocenters. The second-order valence-corrected chi connectivity index (χ2v) is 4.12. The highest BCUT2D eigenvalue weighted by atomic mass is 16.2. The molecule has 2 amide bonds. The number of hydrogen-bond donors (Lipinski definition) is 1. The molecule has 0 aliphatic heterocycles. The number of carbonyl (C=O) groups is 2. The summed E-state index contributed by atoms with van der Waals surface area (Å²) in [5, 5.41) is 3.82. The average molecular weight is 268 g/mol. The highest BCUT2D eigenvalue weighted by Crippen LogP contribution is 1.96. The first-order valence-electron chi connectivity index (χ1n) is 6.14. The van der Waals surface area contributed by atoms with Crippen LogP contribution in [0.4, 0.5) is 5.95 Å². The van der Waals surface area contributed by atoms with E-state index in [2.05, 4.69) is 10.1 Å². The lowest BCUT2D eigenvalue weighted by Crippen LogP contribution is -2.42. The molecule has 0 saturated heterocycles. The van der Waals surface area contributed by atoms with Crippen molar-refractivity contribution in [1.29, 1.82) is 0 Å². The summed E-state index contributed by atoms with van der Waals surface area (Å²) in [6.07, 6.45) is 1.38. The maximum Gasteiger partial charge on any atom is 0.244 e. The van der Waals surface area contributed by atoms with Crippen LogP contribution in [0.5, 0.6) is 0 Å². The molecule has 8 nitrogen and oxygen atoms in total. The summed E-state index contributed by atoms with van der Waals surface area (Å²) < 4.78 is 1.34. The Labute approximate surface area is 112 Å². The van der Waals surface area contributed by atoms with E-state index >= 15 is 0 Å². The quantitative estimate of drug-likeness (QED) is 0.727. The first-order chi connectivity index (χ1) is 8.97. The first-order valence-corrected chi connectivity index (χ1v) is 6.14. The Kier molecular flexibility index (Phi) is 5.28. The minimum Gasteiger partial charge on any atom is -0.367 e. The van der Waals surface area contributed by atoms with Gasteiger partial charge in [0, 0.05) is 20.1 Å². The van der Waals surface area contributed by atoms with Crippen LogP contribution >= 0.6 is 0 Å². The number of nitrogen functional groups attached to an aromatic ring is 1. The number of rotatable bonds is 6. The van der Waals surface area contributed by atoms with Crippen LogP contribution in [0.1, 0.15) is 13.8 Å². The van der Waals surface area contributed by atoms with Crippen molar-refractivity contribution in [2.24, 2.45) is 0 Å². The van der Waals surface area contributed by atoms with Gasteiger partial charge < -0.3 is 15.5 Å². The van der Waals surface area contributed by atoms with Crippen LogP contribution in [0.15, 0.2) is 6.33 Å². The lowest BCUT2D eigenvalue weighted by Gasteiger charge is -2.23. The van der Waals surface area contributed by atoms with Gasteiger partial charge in [0.2, 0.25) is 17.8 Å². The average Bonchev–Trinajstić information content (AvgIpc) is 2.76. The van der Waals surface area contributed by atoms with Gasteiger partial charge >= 0.3 is 0 Å². The van der Waals surface area contributed by atoms with Gasteiger partial charge in [0.1, 0.15) is 12.9 Å². The van der Waals surface area contributed by atoms with Crippen LogP contribution in [-0.4, -0.2) is 63.1 Å². The van der Waals surface area contributed by atoms with Crippen molar-refractivity contribution < 1.29 is 9.59 Å². The zero-order valence-electron chi connectivity index (χ0n) is 11.5. The van der Waals surface area contributed by atoms with Gasteiger partial charge in [-0.3, -0.25) is 9.59 Å². The number of nitrogens with two attached hydrogens (primary N) is 1. The largest absolute Gasteiger partial charge is 0.367 e. The zero-order chi connectivity index (χ0) is 14.4. The van der Waals surface area contributed by atoms with Crippen molar-refractivity contribution in [2.45, 2.75) is 20.4 Å². The first kappa shape index (κ1) is 14.9. The van der Waals surface area contributed by atoms with Crippen molar-refractivity contribution in [2.75, 3.05) is 32.4 Å². The molecular weight excluding hydrogens is 248 g/mol. The van der Waals surface area contributed by atoms with E-state index in [1.165, 1.54) is 15.9 Å². The fourth-order valence-electron chi connectivity index (χ4n) is 1.61. The second-order valence-electron chi connectivity index (χ2n) is 4.12. The van der Waals surface area contributed by atoms with Crippen LogP contribution in [0.2, 0.25) is 0 Å². The predicted molar refractivity (Wildman–Crippen MR) is 70.0 cm³/mol. The third-order valence-corrected chi connectivity index (χ3v) is 2.77. The van der Waals surface area contributed by atoms with Crippen LogP contribution in [-0.2, 0) is 16.1 Å². The smallest absolute Gasteiger partial charge is 0.244 e. The van der Waals surface area contributed by atoms with E-state index in [4.69, 9.17) is 5.73 Å². The SMILES string of the molecule is CCN(CC)C(=O)CN(C)C(=O)Cn1cnc(N)n1. The molecule has 1 aromatic rings. The Bertz CT molecular complexity index is 440. The third kappa shape index (κ3) is 4.23. The molecule has 1 rings (SSSR count). The second kappa shape index (κ2) is 6.72. The molecule has 0 saturated carbocycles.